The Morgan fingerprint density at radius 3 is 2.35 bits per heavy atom. The van der Waals surface area contributed by atoms with Gasteiger partial charge in [0.05, 0.1) is 5.39 Å². The van der Waals surface area contributed by atoms with Gasteiger partial charge in [0.2, 0.25) is 0 Å². The first-order chi connectivity index (χ1) is 16.7. The number of hydrogen-bond acceptors (Lipinski definition) is 4. The van der Waals surface area contributed by atoms with E-state index in [2.05, 4.69) is 69.3 Å². The Kier molecular flexibility index (Phi) is 5.49. The van der Waals surface area contributed by atoms with Crippen molar-refractivity contribution < 1.29 is 4.55 Å². The largest absolute Gasteiger partial charge is 0.606 e. The molecule has 1 unspecified atom stereocenters. The maximum absolute atomic E-state index is 13.4. The first-order valence-corrected chi connectivity index (χ1v) is 12.7. The number of hydrogen-bond donors (Lipinski definition) is 1. The molecule has 5 aromatic rings. The van der Waals surface area contributed by atoms with E-state index in [4.69, 9.17) is 0 Å². The zero-order valence-corrected chi connectivity index (χ0v) is 19.9. The number of anilines is 1. The molecule has 1 fully saturated rings. The number of piperazine rings is 1. The van der Waals surface area contributed by atoms with Crippen molar-refractivity contribution in [3.8, 4) is 11.1 Å². The molecule has 1 atom stereocenters. The van der Waals surface area contributed by atoms with Crippen LogP contribution >= 0.6 is 0 Å². The molecule has 1 aliphatic rings. The molecule has 0 radical (unpaired) electrons. The molecular weight excluding hydrogens is 440 g/mol. The Labute approximate surface area is 202 Å². The second-order valence-electron chi connectivity index (χ2n) is 8.84. The average Bonchev–Trinajstić information content (AvgIpc) is 3.27. The molecule has 1 saturated heterocycles. The summed E-state index contributed by atoms with van der Waals surface area (Å²) < 4.78 is 13.4. The molecule has 1 aliphatic heterocycles. The predicted molar refractivity (Wildman–Crippen MR) is 140 cm³/mol. The number of likely N-dealkylation sites (N-methyl/N-ethyl adjacent to an activating group) is 1. The second-order valence-corrected chi connectivity index (χ2v) is 10.3. The lowest BCUT2D eigenvalue weighted by Crippen LogP contribution is -2.44. The maximum atomic E-state index is 13.4. The normalized spacial score (nSPS) is 15.8. The minimum atomic E-state index is -1.28. The highest BCUT2D eigenvalue weighted by molar-refractivity contribution is 7.91. The first-order valence-electron chi connectivity index (χ1n) is 11.6. The summed E-state index contributed by atoms with van der Waals surface area (Å²) in [6.07, 6.45) is 1.73. The lowest BCUT2D eigenvalue weighted by molar-refractivity contribution is 0.313. The van der Waals surface area contributed by atoms with E-state index >= 15 is 0 Å². The summed E-state index contributed by atoms with van der Waals surface area (Å²) in [4.78, 5) is 14.3. The van der Waals surface area contributed by atoms with Gasteiger partial charge in [-0.05, 0) is 54.6 Å². The summed E-state index contributed by atoms with van der Waals surface area (Å²) in [5, 5.41) is 1.97. The van der Waals surface area contributed by atoms with Gasteiger partial charge in [0.25, 0.3) is 0 Å². The molecule has 0 saturated carbocycles. The van der Waals surface area contributed by atoms with Crippen LogP contribution in [-0.4, -0.2) is 52.6 Å². The molecule has 5 nitrogen and oxygen atoms in total. The minimum Gasteiger partial charge on any atom is -0.606 e. The van der Waals surface area contributed by atoms with E-state index in [1.807, 2.05) is 36.4 Å². The van der Waals surface area contributed by atoms with Crippen LogP contribution in [0.5, 0.6) is 0 Å². The molecule has 6 rings (SSSR count). The van der Waals surface area contributed by atoms with Crippen molar-refractivity contribution in [2.24, 2.45) is 0 Å². The highest BCUT2D eigenvalue weighted by Gasteiger charge is 2.22. The molecule has 170 valence electrons. The number of aromatic nitrogens is 2. The van der Waals surface area contributed by atoms with Crippen molar-refractivity contribution in [1.29, 1.82) is 0 Å². The van der Waals surface area contributed by atoms with Crippen LogP contribution < -0.4 is 4.90 Å². The van der Waals surface area contributed by atoms with Gasteiger partial charge < -0.3 is 19.3 Å². The van der Waals surface area contributed by atoms with E-state index in [1.165, 1.54) is 11.3 Å². The van der Waals surface area contributed by atoms with Gasteiger partial charge in [-0.1, -0.05) is 36.4 Å². The fraction of sp³-hybridized carbons (Fsp3) is 0.179. The molecule has 6 heteroatoms. The lowest BCUT2D eigenvalue weighted by Gasteiger charge is -2.34. The van der Waals surface area contributed by atoms with Crippen molar-refractivity contribution in [1.82, 2.24) is 14.9 Å². The van der Waals surface area contributed by atoms with Crippen LogP contribution in [0.15, 0.2) is 94.9 Å². The molecule has 34 heavy (non-hydrogen) atoms. The van der Waals surface area contributed by atoms with Gasteiger partial charge >= 0.3 is 0 Å². The first kappa shape index (κ1) is 21.2. The average molecular weight is 467 g/mol. The molecule has 3 aromatic carbocycles. The highest BCUT2D eigenvalue weighted by atomic mass is 32.2. The van der Waals surface area contributed by atoms with Crippen LogP contribution in [0.25, 0.3) is 33.1 Å². The van der Waals surface area contributed by atoms with Gasteiger partial charge in [-0.3, -0.25) is 0 Å². The number of fused-ring (bicyclic) bond motifs is 3. The SMILES string of the molecule is CN1CCN(c2ccc(-c3ccc4[nH]c5nccc([S+]([O-])c6ccccc6)c5c4c3)cc2)CC1. The Bertz CT molecular complexity index is 1440. The van der Waals surface area contributed by atoms with Gasteiger partial charge in [-0.25, -0.2) is 4.98 Å². The summed E-state index contributed by atoms with van der Waals surface area (Å²) in [6.45, 7) is 4.32. The smallest absolute Gasteiger partial charge is 0.171 e. The molecule has 2 aromatic heterocycles. The maximum Gasteiger partial charge on any atom is 0.171 e. The topological polar surface area (TPSA) is 58.2 Å². The zero-order valence-electron chi connectivity index (χ0n) is 19.1. The third-order valence-electron chi connectivity index (χ3n) is 6.68. The fourth-order valence-corrected chi connectivity index (χ4v) is 5.96. The molecule has 0 spiro atoms. The minimum absolute atomic E-state index is 0.763. The second kappa shape index (κ2) is 8.80. The Balaban J connectivity index is 1.39. The van der Waals surface area contributed by atoms with Crippen LogP contribution in [0, 0.1) is 0 Å². The summed E-state index contributed by atoms with van der Waals surface area (Å²) in [6, 6.07) is 26.7. The van der Waals surface area contributed by atoms with Crippen molar-refractivity contribution in [2.45, 2.75) is 9.79 Å². The third kappa shape index (κ3) is 3.84. The summed E-state index contributed by atoms with van der Waals surface area (Å²) in [7, 11) is 2.18. The van der Waals surface area contributed by atoms with Gasteiger partial charge in [0.15, 0.2) is 9.79 Å². The van der Waals surface area contributed by atoms with E-state index in [1.54, 1.807) is 6.20 Å². The quantitative estimate of drug-likeness (QED) is 0.365. The van der Waals surface area contributed by atoms with Crippen LogP contribution in [0.1, 0.15) is 0 Å². The molecular formula is C28H26N4OS. The summed E-state index contributed by atoms with van der Waals surface area (Å²) in [5.74, 6) is 0. The van der Waals surface area contributed by atoms with Crippen LogP contribution in [0.3, 0.4) is 0 Å². The van der Waals surface area contributed by atoms with Crippen molar-refractivity contribution >= 4 is 38.8 Å². The summed E-state index contributed by atoms with van der Waals surface area (Å²) in [5.41, 5.74) is 5.34. The van der Waals surface area contributed by atoms with E-state index in [9.17, 15) is 4.55 Å². The van der Waals surface area contributed by atoms with Gasteiger partial charge in [-0.2, -0.15) is 0 Å². The third-order valence-corrected chi connectivity index (χ3v) is 8.12. The molecule has 1 N–H and O–H groups in total. The number of rotatable bonds is 4. The van der Waals surface area contributed by atoms with E-state index < -0.39 is 11.2 Å². The zero-order chi connectivity index (χ0) is 23.1. The van der Waals surface area contributed by atoms with Crippen molar-refractivity contribution in [3.63, 3.8) is 0 Å². The molecule has 0 amide bonds. The van der Waals surface area contributed by atoms with Crippen LogP contribution in [0.2, 0.25) is 0 Å². The number of benzene rings is 3. The van der Waals surface area contributed by atoms with E-state index in [-0.39, 0.29) is 0 Å². The summed E-state index contributed by atoms with van der Waals surface area (Å²) >= 11 is -1.28. The van der Waals surface area contributed by atoms with Crippen LogP contribution in [0.4, 0.5) is 5.69 Å². The molecule has 0 bridgehead atoms. The standard InChI is InChI=1S/C28H26N4OS/c1-31-15-17-32(18-16-31)22-10-7-20(8-11-22)21-9-12-25-24(19-21)27-26(13-14-29-28(27)30-25)34(33)23-5-3-2-4-6-23/h2-14,19H,15-18H2,1H3,(H,29,30). The fourth-order valence-electron chi connectivity index (χ4n) is 4.72. The van der Waals surface area contributed by atoms with E-state index in [0.717, 1.165) is 63.5 Å². The van der Waals surface area contributed by atoms with Crippen molar-refractivity contribution in [2.75, 3.05) is 38.1 Å². The number of aromatic amines is 1. The lowest BCUT2D eigenvalue weighted by atomic mass is 10.0. The monoisotopic (exact) mass is 466 g/mol. The number of pyridine rings is 1. The van der Waals surface area contributed by atoms with Crippen molar-refractivity contribution in [3.05, 3.63) is 85.1 Å². The van der Waals surface area contributed by atoms with Gasteiger partial charge in [-0.15, -0.1) is 0 Å². The number of H-pyrrole nitrogens is 1. The van der Waals surface area contributed by atoms with Gasteiger partial charge in [0.1, 0.15) is 5.65 Å². The Hall–Kier alpha value is -3.32. The molecule has 0 aliphatic carbocycles. The Morgan fingerprint density at radius 2 is 1.59 bits per heavy atom. The van der Waals surface area contributed by atoms with Gasteiger partial charge in [0, 0.05) is 66.2 Å². The predicted octanol–water partition coefficient (Wildman–Crippen LogP) is 5.30. The number of nitrogens with one attached hydrogen (secondary N) is 1. The highest BCUT2D eigenvalue weighted by Crippen LogP contribution is 2.35. The van der Waals surface area contributed by atoms with E-state index in [0.29, 0.717) is 0 Å². The number of nitrogens with zero attached hydrogens (tertiary/aromatic N) is 3. The molecule has 3 heterocycles. The Morgan fingerprint density at radius 1 is 0.853 bits per heavy atom. The van der Waals surface area contributed by atoms with Crippen LogP contribution in [-0.2, 0) is 11.2 Å².